The normalized spacial score (nSPS) is 24.9. The Bertz CT molecular complexity index is 592. The number of rotatable bonds is 5. The van der Waals surface area contributed by atoms with Gasteiger partial charge in [-0.3, -0.25) is 0 Å². The van der Waals surface area contributed by atoms with Gasteiger partial charge < -0.3 is 9.47 Å². The molecule has 0 spiro atoms. The zero-order valence-corrected chi connectivity index (χ0v) is 12.9. The van der Waals surface area contributed by atoms with Crippen LogP contribution in [0.2, 0.25) is 0 Å². The summed E-state index contributed by atoms with van der Waals surface area (Å²) in [6.07, 6.45) is 5.14. The molecule has 3 atom stereocenters. The van der Waals surface area contributed by atoms with Crippen LogP contribution in [0, 0.1) is 0 Å². The van der Waals surface area contributed by atoms with Gasteiger partial charge in [-0.25, -0.2) is 0 Å². The van der Waals surface area contributed by atoms with Gasteiger partial charge >= 0.3 is 0 Å². The van der Waals surface area contributed by atoms with E-state index in [0.717, 1.165) is 6.42 Å². The second-order valence-corrected chi connectivity index (χ2v) is 5.51. The maximum Gasteiger partial charge on any atom is 0.159 e. The smallest absolute Gasteiger partial charge is 0.159 e. The molecular formula is C20H22O2. The summed E-state index contributed by atoms with van der Waals surface area (Å²) >= 11 is 0. The van der Waals surface area contributed by atoms with Crippen molar-refractivity contribution in [1.29, 1.82) is 0 Å². The fourth-order valence-electron chi connectivity index (χ4n) is 2.94. The minimum absolute atomic E-state index is 0.0548. The van der Waals surface area contributed by atoms with Crippen molar-refractivity contribution in [1.82, 2.24) is 0 Å². The Morgan fingerprint density at radius 1 is 1.05 bits per heavy atom. The van der Waals surface area contributed by atoms with Gasteiger partial charge in [0.1, 0.15) is 0 Å². The highest BCUT2D eigenvalue weighted by Gasteiger charge is 2.34. The van der Waals surface area contributed by atoms with Crippen LogP contribution in [0.25, 0.3) is 6.08 Å². The predicted molar refractivity (Wildman–Crippen MR) is 89.6 cm³/mol. The van der Waals surface area contributed by atoms with Crippen LogP contribution in [0.5, 0.6) is 0 Å². The molecule has 114 valence electrons. The third-order valence-corrected chi connectivity index (χ3v) is 4.01. The molecule has 2 nitrogen and oxygen atoms in total. The van der Waals surface area contributed by atoms with Crippen molar-refractivity contribution >= 4 is 6.08 Å². The summed E-state index contributed by atoms with van der Waals surface area (Å²) in [4.78, 5) is 0. The van der Waals surface area contributed by atoms with E-state index in [1.54, 1.807) is 0 Å². The topological polar surface area (TPSA) is 18.5 Å². The maximum atomic E-state index is 6.08. The molecule has 0 aliphatic carbocycles. The molecule has 3 rings (SSSR count). The molecule has 0 amide bonds. The molecule has 0 radical (unpaired) electrons. The molecule has 0 N–H and O–H groups in total. The first-order valence-corrected chi connectivity index (χ1v) is 7.92. The monoisotopic (exact) mass is 294 g/mol. The Morgan fingerprint density at radius 3 is 2.41 bits per heavy atom. The lowest BCUT2D eigenvalue weighted by Gasteiger charge is -2.15. The molecule has 1 fully saturated rings. The van der Waals surface area contributed by atoms with E-state index in [9.17, 15) is 0 Å². The molecule has 1 aliphatic rings. The van der Waals surface area contributed by atoms with E-state index >= 15 is 0 Å². The minimum Gasteiger partial charge on any atom is -0.353 e. The van der Waals surface area contributed by atoms with Gasteiger partial charge in [-0.15, -0.1) is 0 Å². The van der Waals surface area contributed by atoms with Crippen LogP contribution < -0.4 is 0 Å². The second kappa shape index (κ2) is 7.39. The molecule has 2 aromatic rings. The van der Waals surface area contributed by atoms with Gasteiger partial charge in [-0.1, -0.05) is 72.8 Å². The quantitative estimate of drug-likeness (QED) is 0.800. The van der Waals surface area contributed by atoms with Crippen LogP contribution in [0.15, 0.2) is 66.7 Å². The molecule has 0 bridgehead atoms. The number of hydrogen-bond acceptors (Lipinski definition) is 2. The molecule has 1 heterocycles. The van der Waals surface area contributed by atoms with Crippen LogP contribution in [0.3, 0.4) is 0 Å². The van der Waals surface area contributed by atoms with E-state index in [1.807, 2.05) is 31.2 Å². The molecule has 2 aromatic carbocycles. The summed E-state index contributed by atoms with van der Waals surface area (Å²) in [6, 6.07) is 20.9. The van der Waals surface area contributed by atoms with Crippen LogP contribution in [-0.2, 0) is 9.47 Å². The van der Waals surface area contributed by atoms with Crippen LogP contribution in [-0.4, -0.2) is 19.0 Å². The lowest BCUT2D eigenvalue weighted by molar-refractivity contribution is -0.120. The summed E-state index contributed by atoms with van der Waals surface area (Å²) in [7, 11) is 0. The van der Waals surface area contributed by atoms with Gasteiger partial charge in [0.2, 0.25) is 0 Å². The number of hydrogen-bond donors (Lipinski definition) is 0. The Hall–Kier alpha value is -1.90. The average Bonchev–Trinajstić information content (AvgIpc) is 2.98. The summed E-state index contributed by atoms with van der Waals surface area (Å²) in [5.74, 6) is 0.345. The minimum atomic E-state index is -0.111. The first-order valence-electron chi connectivity index (χ1n) is 7.92. The van der Waals surface area contributed by atoms with Crippen LogP contribution >= 0.6 is 0 Å². The van der Waals surface area contributed by atoms with E-state index in [-0.39, 0.29) is 12.4 Å². The second-order valence-electron chi connectivity index (χ2n) is 5.51. The largest absolute Gasteiger partial charge is 0.353 e. The highest BCUT2D eigenvalue weighted by atomic mass is 16.7. The Labute approximate surface area is 132 Å². The van der Waals surface area contributed by atoms with Gasteiger partial charge in [0.15, 0.2) is 6.29 Å². The number of benzene rings is 2. The number of ether oxygens (including phenoxy) is 2. The predicted octanol–water partition coefficient (Wildman–Crippen LogP) is 4.64. The van der Waals surface area contributed by atoms with Gasteiger partial charge in [-0.2, -0.15) is 0 Å². The van der Waals surface area contributed by atoms with Crippen LogP contribution in [0.1, 0.15) is 30.4 Å². The summed E-state index contributed by atoms with van der Waals surface area (Å²) in [5.41, 5.74) is 2.50. The van der Waals surface area contributed by atoms with Gasteiger partial charge in [0, 0.05) is 18.9 Å². The van der Waals surface area contributed by atoms with Crippen molar-refractivity contribution < 1.29 is 9.47 Å². The van der Waals surface area contributed by atoms with Crippen molar-refractivity contribution in [2.24, 2.45) is 0 Å². The molecule has 1 saturated heterocycles. The molecule has 0 saturated carbocycles. The molecule has 1 aliphatic heterocycles. The van der Waals surface area contributed by atoms with E-state index in [0.29, 0.717) is 12.5 Å². The van der Waals surface area contributed by atoms with E-state index < -0.39 is 0 Å². The SMILES string of the molecule is CCO[C@@H]1C[C@@H](c2ccccc2)[C@@H](/C=C/c2ccccc2)O1. The summed E-state index contributed by atoms with van der Waals surface area (Å²) in [6.45, 7) is 2.69. The van der Waals surface area contributed by atoms with E-state index in [2.05, 4.69) is 48.6 Å². The standard InChI is InChI=1S/C20H22O2/c1-2-21-20-15-18(17-11-7-4-8-12-17)19(22-20)14-13-16-9-5-3-6-10-16/h3-14,18-20H,2,15H2,1H3/b14-13+/t18-,19+,20-/m0/s1. The van der Waals surface area contributed by atoms with Crippen LogP contribution in [0.4, 0.5) is 0 Å². The lowest BCUT2D eigenvalue weighted by Crippen LogP contribution is -2.13. The van der Waals surface area contributed by atoms with Gasteiger partial charge in [0.25, 0.3) is 0 Å². The zero-order valence-electron chi connectivity index (χ0n) is 12.9. The maximum absolute atomic E-state index is 6.08. The van der Waals surface area contributed by atoms with E-state index in [4.69, 9.17) is 9.47 Å². The third-order valence-electron chi connectivity index (χ3n) is 4.01. The van der Waals surface area contributed by atoms with Crippen molar-refractivity contribution in [3.05, 3.63) is 77.9 Å². The lowest BCUT2D eigenvalue weighted by atomic mass is 9.92. The molecular weight excluding hydrogens is 272 g/mol. The van der Waals surface area contributed by atoms with Crippen molar-refractivity contribution in [2.45, 2.75) is 31.7 Å². The van der Waals surface area contributed by atoms with Crippen molar-refractivity contribution in [3.63, 3.8) is 0 Å². The molecule has 0 aromatic heterocycles. The fraction of sp³-hybridized carbons (Fsp3) is 0.300. The highest BCUT2D eigenvalue weighted by Crippen LogP contribution is 2.36. The fourth-order valence-corrected chi connectivity index (χ4v) is 2.94. The van der Waals surface area contributed by atoms with Crippen molar-refractivity contribution in [2.75, 3.05) is 6.61 Å². The first kappa shape index (κ1) is 15.0. The molecule has 0 unspecified atom stereocenters. The van der Waals surface area contributed by atoms with E-state index in [1.165, 1.54) is 11.1 Å². The third kappa shape index (κ3) is 3.65. The summed E-state index contributed by atoms with van der Waals surface area (Å²) < 4.78 is 11.8. The first-order chi connectivity index (χ1) is 10.9. The molecule has 22 heavy (non-hydrogen) atoms. The average molecular weight is 294 g/mol. The summed E-state index contributed by atoms with van der Waals surface area (Å²) in [5, 5.41) is 0. The Kier molecular flexibility index (Phi) is 5.04. The molecule has 2 heteroatoms. The zero-order chi connectivity index (χ0) is 15.2. The Morgan fingerprint density at radius 2 is 1.73 bits per heavy atom. The van der Waals surface area contributed by atoms with Gasteiger partial charge in [0.05, 0.1) is 6.10 Å². The highest BCUT2D eigenvalue weighted by molar-refractivity contribution is 5.50. The van der Waals surface area contributed by atoms with Gasteiger partial charge in [-0.05, 0) is 18.1 Å². The Balaban J connectivity index is 1.78. The van der Waals surface area contributed by atoms with Crippen molar-refractivity contribution in [3.8, 4) is 0 Å².